The summed E-state index contributed by atoms with van der Waals surface area (Å²) in [6.45, 7) is 5.38. The molecular weight excluding hydrogens is 262 g/mol. The van der Waals surface area contributed by atoms with E-state index in [0.29, 0.717) is 31.3 Å². The molecule has 0 radical (unpaired) electrons. The number of thiazole rings is 1. The topological polar surface area (TPSA) is 88.0 Å². The van der Waals surface area contributed by atoms with E-state index >= 15 is 0 Å². The Morgan fingerprint density at radius 3 is 2.74 bits per heavy atom. The molecule has 1 rings (SSSR count). The third kappa shape index (κ3) is 6.02. The minimum atomic E-state index is -0.0907. The first kappa shape index (κ1) is 15.9. The molecule has 0 bridgehead atoms. The van der Waals surface area contributed by atoms with Crippen LogP contribution < -0.4 is 15.9 Å². The monoisotopic (exact) mass is 285 g/mol. The zero-order valence-electron chi connectivity index (χ0n) is 11.6. The number of amides is 1. The molecule has 0 fully saturated rings. The van der Waals surface area contributed by atoms with Crippen molar-refractivity contribution in [3.05, 3.63) is 20.7 Å². The number of nitrogens with one attached hydrogen (secondary N) is 2. The molecule has 1 amide bonds. The first-order chi connectivity index (χ1) is 9.02. The fourth-order valence-electron chi connectivity index (χ4n) is 2.02. The zero-order valence-corrected chi connectivity index (χ0v) is 12.4. The standard InChI is InChI=1S/C13H23N3O2S/c1-9(2)10(5-6-14)3-4-12(17)15-7-11-8-19-13(18)16-11/h8-10H,3-7,14H2,1-2H3,(H,15,17)(H,16,18). The lowest BCUT2D eigenvalue weighted by molar-refractivity contribution is -0.121. The van der Waals surface area contributed by atoms with Crippen molar-refractivity contribution in [1.82, 2.24) is 10.3 Å². The molecule has 108 valence electrons. The van der Waals surface area contributed by atoms with E-state index in [1.165, 1.54) is 0 Å². The molecule has 1 atom stereocenters. The fourth-order valence-corrected chi connectivity index (χ4v) is 2.61. The quantitative estimate of drug-likeness (QED) is 0.675. The van der Waals surface area contributed by atoms with Gasteiger partial charge in [0.1, 0.15) is 0 Å². The molecule has 0 saturated carbocycles. The summed E-state index contributed by atoms with van der Waals surface area (Å²) in [4.78, 5) is 25.2. The smallest absolute Gasteiger partial charge is 0.304 e. The zero-order chi connectivity index (χ0) is 14.3. The summed E-state index contributed by atoms with van der Waals surface area (Å²) in [6.07, 6.45) is 2.33. The van der Waals surface area contributed by atoms with Gasteiger partial charge in [-0.15, -0.1) is 0 Å². The average Bonchev–Trinajstić information content (AvgIpc) is 2.77. The third-order valence-corrected chi connectivity index (χ3v) is 3.99. The maximum atomic E-state index is 11.7. The van der Waals surface area contributed by atoms with Gasteiger partial charge in [0, 0.05) is 17.5 Å². The van der Waals surface area contributed by atoms with Crippen molar-refractivity contribution in [2.24, 2.45) is 17.6 Å². The number of carbonyl (C=O) groups excluding carboxylic acids is 1. The number of nitrogens with two attached hydrogens (primary N) is 1. The highest BCUT2D eigenvalue weighted by Crippen LogP contribution is 2.20. The second-order valence-corrected chi connectivity index (χ2v) is 5.91. The van der Waals surface area contributed by atoms with Crippen molar-refractivity contribution < 1.29 is 4.79 Å². The molecule has 19 heavy (non-hydrogen) atoms. The first-order valence-electron chi connectivity index (χ1n) is 6.66. The van der Waals surface area contributed by atoms with Crippen LogP contribution in [-0.2, 0) is 11.3 Å². The van der Waals surface area contributed by atoms with Crippen molar-refractivity contribution >= 4 is 17.2 Å². The van der Waals surface area contributed by atoms with Crippen LogP contribution in [0.3, 0.4) is 0 Å². The molecule has 1 unspecified atom stereocenters. The van der Waals surface area contributed by atoms with E-state index < -0.39 is 0 Å². The van der Waals surface area contributed by atoms with Crippen LogP contribution in [0.15, 0.2) is 10.2 Å². The number of H-pyrrole nitrogens is 1. The van der Waals surface area contributed by atoms with Crippen LogP contribution in [-0.4, -0.2) is 17.4 Å². The largest absolute Gasteiger partial charge is 0.351 e. The van der Waals surface area contributed by atoms with Crippen LogP contribution in [0.2, 0.25) is 0 Å². The van der Waals surface area contributed by atoms with Gasteiger partial charge in [-0.3, -0.25) is 9.59 Å². The van der Waals surface area contributed by atoms with E-state index in [1.54, 1.807) is 5.38 Å². The minimum Gasteiger partial charge on any atom is -0.351 e. The number of aromatic amines is 1. The first-order valence-corrected chi connectivity index (χ1v) is 7.54. The Kier molecular flexibility index (Phi) is 6.80. The molecule has 0 aromatic carbocycles. The molecule has 1 aromatic rings. The Morgan fingerprint density at radius 2 is 2.21 bits per heavy atom. The molecule has 0 aliphatic heterocycles. The van der Waals surface area contributed by atoms with E-state index in [-0.39, 0.29) is 10.8 Å². The van der Waals surface area contributed by atoms with Crippen molar-refractivity contribution in [3.63, 3.8) is 0 Å². The van der Waals surface area contributed by atoms with Crippen molar-refractivity contribution in [3.8, 4) is 0 Å². The molecule has 5 nitrogen and oxygen atoms in total. The molecule has 1 heterocycles. The van der Waals surface area contributed by atoms with Crippen LogP contribution in [0.5, 0.6) is 0 Å². The average molecular weight is 285 g/mol. The van der Waals surface area contributed by atoms with Gasteiger partial charge >= 0.3 is 4.87 Å². The van der Waals surface area contributed by atoms with Gasteiger partial charge in [0.25, 0.3) is 0 Å². The molecular formula is C13H23N3O2S. The van der Waals surface area contributed by atoms with E-state index in [2.05, 4.69) is 24.1 Å². The second-order valence-electron chi connectivity index (χ2n) is 5.07. The normalized spacial score (nSPS) is 12.6. The van der Waals surface area contributed by atoms with E-state index in [0.717, 1.165) is 29.9 Å². The molecule has 0 aliphatic carbocycles. The Balaban J connectivity index is 2.28. The van der Waals surface area contributed by atoms with Crippen LogP contribution in [0, 0.1) is 11.8 Å². The predicted octanol–water partition coefficient (Wildman–Crippen LogP) is 1.45. The van der Waals surface area contributed by atoms with Crippen molar-refractivity contribution in [2.75, 3.05) is 6.54 Å². The molecule has 6 heteroatoms. The van der Waals surface area contributed by atoms with Gasteiger partial charge in [0.2, 0.25) is 5.91 Å². The highest BCUT2D eigenvalue weighted by Gasteiger charge is 2.14. The van der Waals surface area contributed by atoms with Crippen molar-refractivity contribution in [1.29, 1.82) is 0 Å². The Bertz CT molecular complexity index is 439. The van der Waals surface area contributed by atoms with E-state index in [4.69, 9.17) is 5.73 Å². The lowest BCUT2D eigenvalue weighted by Gasteiger charge is -2.19. The van der Waals surface area contributed by atoms with Gasteiger partial charge in [-0.05, 0) is 31.2 Å². The highest BCUT2D eigenvalue weighted by atomic mass is 32.1. The van der Waals surface area contributed by atoms with Crippen LogP contribution >= 0.6 is 11.3 Å². The summed E-state index contributed by atoms with van der Waals surface area (Å²) in [7, 11) is 0. The SMILES string of the molecule is CC(C)C(CCN)CCC(=O)NCc1csc(=O)[nH]1. The Morgan fingerprint density at radius 1 is 1.47 bits per heavy atom. The number of aromatic nitrogens is 1. The fraction of sp³-hybridized carbons (Fsp3) is 0.692. The molecule has 1 aromatic heterocycles. The van der Waals surface area contributed by atoms with Gasteiger partial charge in [0.05, 0.1) is 6.54 Å². The summed E-state index contributed by atoms with van der Waals surface area (Å²) in [5.41, 5.74) is 6.33. The summed E-state index contributed by atoms with van der Waals surface area (Å²) >= 11 is 1.11. The maximum absolute atomic E-state index is 11.7. The van der Waals surface area contributed by atoms with Crippen molar-refractivity contribution in [2.45, 2.75) is 39.7 Å². The summed E-state index contributed by atoms with van der Waals surface area (Å²) in [5.74, 6) is 1.07. The van der Waals surface area contributed by atoms with E-state index in [1.807, 2.05) is 0 Å². The lowest BCUT2D eigenvalue weighted by Crippen LogP contribution is -2.25. The number of hydrogen-bond acceptors (Lipinski definition) is 4. The van der Waals surface area contributed by atoms with Crippen LogP contribution in [0.1, 0.15) is 38.8 Å². The summed E-state index contributed by atoms with van der Waals surface area (Å²) in [6, 6.07) is 0. The molecule has 0 aliphatic rings. The maximum Gasteiger partial charge on any atom is 0.304 e. The molecule has 0 saturated heterocycles. The van der Waals surface area contributed by atoms with Crippen LogP contribution in [0.4, 0.5) is 0 Å². The van der Waals surface area contributed by atoms with Crippen LogP contribution in [0.25, 0.3) is 0 Å². The Labute approximate surface area is 117 Å². The van der Waals surface area contributed by atoms with Gasteiger partial charge in [0.15, 0.2) is 0 Å². The summed E-state index contributed by atoms with van der Waals surface area (Å²) < 4.78 is 0. The number of hydrogen-bond donors (Lipinski definition) is 3. The third-order valence-electron chi connectivity index (χ3n) is 3.27. The minimum absolute atomic E-state index is 0.0229. The van der Waals surface area contributed by atoms with E-state index in [9.17, 15) is 9.59 Å². The summed E-state index contributed by atoms with van der Waals surface area (Å²) in [5, 5.41) is 4.55. The van der Waals surface area contributed by atoms with Gasteiger partial charge in [-0.2, -0.15) is 0 Å². The number of carbonyl (C=O) groups is 1. The number of rotatable bonds is 8. The van der Waals surface area contributed by atoms with Gasteiger partial charge in [-0.1, -0.05) is 25.2 Å². The molecule has 0 spiro atoms. The Hall–Kier alpha value is -1.14. The van der Waals surface area contributed by atoms with Gasteiger partial charge < -0.3 is 16.0 Å². The predicted molar refractivity (Wildman–Crippen MR) is 78.0 cm³/mol. The lowest BCUT2D eigenvalue weighted by atomic mass is 9.88. The van der Waals surface area contributed by atoms with Gasteiger partial charge in [-0.25, -0.2) is 0 Å². The highest BCUT2D eigenvalue weighted by molar-refractivity contribution is 7.07. The second kappa shape index (κ2) is 8.12. The molecule has 4 N–H and O–H groups in total.